The largest absolute Gasteiger partial charge is 0.262 e. The van der Waals surface area contributed by atoms with Crippen LogP contribution in [0.5, 0.6) is 0 Å². The molecular weight excluding hydrogens is 148 g/mol. The summed E-state index contributed by atoms with van der Waals surface area (Å²) in [6, 6.07) is 0. The number of rotatable bonds is 0. The van der Waals surface area contributed by atoms with Gasteiger partial charge in [0, 0.05) is 48.1 Å². The quantitative estimate of drug-likeness (QED) is 0.551. The summed E-state index contributed by atoms with van der Waals surface area (Å²) >= 11 is 0. The minimum atomic E-state index is -0.611. The van der Waals surface area contributed by atoms with Crippen LogP contribution in [0, 0.1) is 0 Å². The molecule has 0 aliphatic heterocycles. The third kappa shape index (κ3) is 10.3. The van der Waals surface area contributed by atoms with Crippen LogP contribution in [0.15, 0.2) is 24.8 Å². The highest BCUT2D eigenvalue weighted by atomic mass is 32.2. The predicted octanol–water partition coefficient (Wildman–Crippen LogP) is 0.471. The van der Waals surface area contributed by atoms with Crippen molar-refractivity contribution in [1.29, 1.82) is 0 Å². The molecule has 56 valence electrons. The molecule has 0 spiro atoms. The summed E-state index contributed by atoms with van der Waals surface area (Å²) < 4.78 is 9.56. The summed E-state index contributed by atoms with van der Waals surface area (Å²) in [6.07, 6.45) is 9.83. The van der Waals surface area contributed by atoms with Crippen molar-refractivity contribution in [3.63, 3.8) is 0 Å². The average molecular weight is 158 g/mol. The third-order valence-corrected chi connectivity index (χ3v) is 0.478. The molecule has 0 amide bonds. The fraction of sp³-hybridized carbons (Fsp3) is 0.333. The van der Waals surface area contributed by atoms with E-state index in [0.717, 1.165) is 0 Å². The van der Waals surface area contributed by atoms with Crippen molar-refractivity contribution in [2.75, 3.05) is 12.5 Å². The Bertz CT molecular complexity index is 148. The lowest BCUT2D eigenvalue weighted by atomic mass is 10.8. The molecule has 3 nitrogen and oxygen atoms in total. The summed E-state index contributed by atoms with van der Waals surface area (Å²) in [5.74, 6) is 0. The van der Waals surface area contributed by atoms with Gasteiger partial charge in [0.05, 0.1) is 0 Å². The zero-order valence-electron chi connectivity index (χ0n) is 6.02. The average Bonchev–Trinajstić information content (AvgIpc) is 1.90. The molecule has 0 radical (unpaired) electrons. The summed E-state index contributed by atoms with van der Waals surface area (Å²) in [4.78, 5) is 7.44. The Balaban J connectivity index is 0.000000180. The Morgan fingerprint density at radius 1 is 1.00 bits per heavy atom. The van der Waals surface area contributed by atoms with Crippen LogP contribution in [0.25, 0.3) is 0 Å². The molecule has 0 fully saturated rings. The van der Waals surface area contributed by atoms with Gasteiger partial charge < -0.3 is 0 Å². The van der Waals surface area contributed by atoms with Crippen LogP contribution in [0.2, 0.25) is 0 Å². The lowest BCUT2D eigenvalue weighted by Gasteiger charge is -1.70. The number of nitrogens with zero attached hydrogens (tertiary/aromatic N) is 2. The van der Waals surface area contributed by atoms with Gasteiger partial charge in [-0.15, -0.1) is 0 Å². The highest BCUT2D eigenvalue weighted by molar-refractivity contribution is 7.83. The van der Waals surface area contributed by atoms with Crippen molar-refractivity contribution < 1.29 is 4.21 Å². The van der Waals surface area contributed by atoms with Crippen molar-refractivity contribution in [3.05, 3.63) is 24.8 Å². The fourth-order valence-electron chi connectivity index (χ4n) is 0.253. The first-order valence-corrected chi connectivity index (χ1v) is 4.65. The third-order valence-electron chi connectivity index (χ3n) is 0.478. The van der Waals surface area contributed by atoms with E-state index in [1.807, 2.05) is 0 Å². The van der Waals surface area contributed by atoms with Gasteiger partial charge in [0.15, 0.2) is 0 Å². The smallest absolute Gasteiger partial charge is 0.0451 e. The van der Waals surface area contributed by atoms with E-state index in [-0.39, 0.29) is 0 Å². The summed E-state index contributed by atoms with van der Waals surface area (Å²) in [7, 11) is -0.611. The normalized spacial score (nSPS) is 8.30. The van der Waals surface area contributed by atoms with Crippen LogP contribution in [-0.4, -0.2) is 26.7 Å². The van der Waals surface area contributed by atoms with Gasteiger partial charge in [-0.25, -0.2) is 0 Å². The van der Waals surface area contributed by atoms with Crippen LogP contribution in [0.4, 0.5) is 0 Å². The van der Waals surface area contributed by atoms with Gasteiger partial charge in [-0.05, 0) is 0 Å². The van der Waals surface area contributed by atoms with E-state index >= 15 is 0 Å². The molecule has 1 heterocycles. The van der Waals surface area contributed by atoms with Gasteiger partial charge in [0.1, 0.15) is 0 Å². The monoisotopic (exact) mass is 158 g/mol. The maximum absolute atomic E-state index is 9.56. The molecule has 0 saturated carbocycles. The minimum absolute atomic E-state index is 0.611. The molecule has 0 saturated heterocycles. The van der Waals surface area contributed by atoms with E-state index in [9.17, 15) is 4.21 Å². The van der Waals surface area contributed by atoms with Crippen molar-refractivity contribution in [3.8, 4) is 0 Å². The first kappa shape index (κ1) is 9.23. The second kappa shape index (κ2) is 6.35. The number of aromatic nitrogens is 2. The molecule has 0 bridgehead atoms. The van der Waals surface area contributed by atoms with E-state index in [0.29, 0.717) is 0 Å². The van der Waals surface area contributed by atoms with E-state index in [1.54, 1.807) is 37.3 Å². The minimum Gasteiger partial charge on any atom is -0.262 e. The van der Waals surface area contributed by atoms with Crippen molar-refractivity contribution in [1.82, 2.24) is 9.97 Å². The number of hydrogen-bond acceptors (Lipinski definition) is 3. The molecule has 1 aromatic heterocycles. The summed E-state index contributed by atoms with van der Waals surface area (Å²) in [5, 5.41) is 0. The second-order valence-electron chi connectivity index (χ2n) is 1.64. The van der Waals surface area contributed by atoms with Crippen LogP contribution in [-0.2, 0) is 10.8 Å². The Labute approximate surface area is 63.0 Å². The number of hydrogen-bond donors (Lipinski definition) is 0. The van der Waals surface area contributed by atoms with E-state index in [1.165, 1.54) is 0 Å². The Hall–Kier alpha value is -0.770. The van der Waals surface area contributed by atoms with Gasteiger partial charge in [-0.1, -0.05) is 0 Å². The Morgan fingerprint density at radius 3 is 1.30 bits per heavy atom. The Morgan fingerprint density at radius 2 is 1.20 bits per heavy atom. The fourth-order valence-corrected chi connectivity index (χ4v) is 0.253. The molecule has 10 heavy (non-hydrogen) atoms. The molecular formula is C6H10N2OS. The zero-order chi connectivity index (χ0) is 7.82. The molecule has 0 aliphatic rings. The molecule has 0 atom stereocenters. The maximum Gasteiger partial charge on any atom is 0.0451 e. The molecule has 1 rings (SSSR count). The molecule has 0 unspecified atom stereocenters. The van der Waals surface area contributed by atoms with Crippen LogP contribution in [0.1, 0.15) is 0 Å². The van der Waals surface area contributed by atoms with Gasteiger partial charge in [0.25, 0.3) is 0 Å². The summed E-state index contributed by atoms with van der Waals surface area (Å²) in [6.45, 7) is 0. The van der Waals surface area contributed by atoms with Crippen molar-refractivity contribution in [2.45, 2.75) is 0 Å². The van der Waals surface area contributed by atoms with Gasteiger partial charge in [-0.3, -0.25) is 14.2 Å². The van der Waals surface area contributed by atoms with E-state index in [2.05, 4.69) is 9.97 Å². The highest BCUT2D eigenvalue weighted by Gasteiger charge is 1.59. The second-order valence-corrected chi connectivity index (χ2v) is 3.12. The first-order valence-electron chi connectivity index (χ1n) is 2.68. The van der Waals surface area contributed by atoms with Crippen LogP contribution in [0.3, 0.4) is 0 Å². The van der Waals surface area contributed by atoms with Gasteiger partial charge in [-0.2, -0.15) is 0 Å². The highest BCUT2D eigenvalue weighted by Crippen LogP contribution is 1.65. The SMILES string of the molecule is CS(C)=O.c1cnccn1. The lowest BCUT2D eigenvalue weighted by Crippen LogP contribution is -1.70. The van der Waals surface area contributed by atoms with Crippen LogP contribution >= 0.6 is 0 Å². The van der Waals surface area contributed by atoms with Gasteiger partial charge >= 0.3 is 0 Å². The molecule has 4 heteroatoms. The van der Waals surface area contributed by atoms with Crippen molar-refractivity contribution >= 4 is 10.8 Å². The lowest BCUT2D eigenvalue weighted by molar-refractivity contribution is 0.690. The first-order chi connectivity index (χ1) is 4.73. The van der Waals surface area contributed by atoms with Gasteiger partial charge in [0.2, 0.25) is 0 Å². The molecule has 0 aromatic carbocycles. The van der Waals surface area contributed by atoms with Crippen molar-refractivity contribution in [2.24, 2.45) is 0 Å². The van der Waals surface area contributed by atoms with Crippen LogP contribution < -0.4 is 0 Å². The topological polar surface area (TPSA) is 42.9 Å². The van der Waals surface area contributed by atoms with E-state index < -0.39 is 10.8 Å². The summed E-state index contributed by atoms with van der Waals surface area (Å²) in [5.41, 5.74) is 0. The van der Waals surface area contributed by atoms with E-state index in [4.69, 9.17) is 0 Å². The maximum atomic E-state index is 9.56. The molecule has 1 aromatic rings. The zero-order valence-corrected chi connectivity index (χ0v) is 6.84. The Kier molecular flexibility index (Phi) is 5.86. The standard InChI is InChI=1S/C4H4N2.C2H6OS/c1-2-6-4-3-5-1;1-4(2)3/h1-4H;1-2H3. The molecule has 0 aliphatic carbocycles. The molecule has 0 N–H and O–H groups in total. The predicted molar refractivity (Wildman–Crippen MR) is 42.0 cm³/mol.